The summed E-state index contributed by atoms with van der Waals surface area (Å²) in [4.78, 5) is 0. The van der Waals surface area contributed by atoms with E-state index in [0.29, 0.717) is 0 Å². The van der Waals surface area contributed by atoms with Gasteiger partial charge in [-0.25, -0.2) is 0 Å². The van der Waals surface area contributed by atoms with Crippen LogP contribution >= 0.6 is 0 Å². The van der Waals surface area contributed by atoms with E-state index in [1.54, 1.807) is 0 Å². The summed E-state index contributed by atoms with van der Waals surface area (Å²) in [5.41, 5.74) is 4.53. The van der Waals surface area contributed by atoms with Crippen LogP contribution in [-0.2, 0) is 6.61 Å². The number of hydrogen-bond acceptors (Lipinski definition) is 1. The molecular weight excluding hydrogens is 186 g/mol. The number of aromatic nitrogens is 1. The molecule has 0 bridgehead atoms. The second kappa shape index (κ2) is 4.99. The molecule has 2 heteroatoms. The van der Waals surface area contributed by atoms with Crippen LogP contribution in [-0.4, -0.2) is 9.51 Å². The van der Waals surface area contributed by atoms with Gasteiger partial charge in [0.1, 0.15) is 0 Å². The molecule has 0 aliphatic carbocycles. The highest BCUT2D eigenvalue weighted by Gasteiger charge is 2.06. The second-order valence-electron chi connectivity index (χ2n) is 3.38. The normalized spacial score (nSPS) is 9.93. The highest BCUT2D eigenvalue weighted by Crippen LogP contribution is 2.19. The quantitative estimate of drug-likeness (QED) is 0.760. The van der Waals surface area contributed by atoms with E-state index < -0.39 is 0 Å². The number of fused-ring (bicyclic) bond motifs is 1. The lowest BCUT2D eigenvalue weighted by Crippen LogP contribution is -1.89. The zero-order valence-electron chi connectivity index (χ0n) is 9.91. The second-order valence-corrected chi connectivity index (χ2v) is 3.38. The van der Waals surface area contributed by atoms with Gasteiger partial charge >= 0.3 is 0 Å². The molecule has 0 spiro atoms. The molecule has 0 atom stereocenters. The van der Waals surface area contributed by atoms with Gasteiger partial charge < -0.3 is 9.51 Å². The first-order valence-corrected chi connectivity index (χ1v) is 5.41. The molecular formula is C13H19NO. The molecule has 2 aromatic rings. The van der Waals surface area contributed by atoms with E-state index in [4.69, 9.17) is 5.11 Å². The van der Waals surface area contributed by atoms with E-state index >= 15 is 0 Å². The minimum Gasteiger partial charge on any atom is -0.392 e. The fourth-order valence-electron chi connectivity index (χ4n) is 1.83. The van der Waals surface area contributed by atoms with E-state index in [1.165, 1.54) is 11.3 Å². The summed E-state index contributed by atoms with van der Waals surface area (Å²) < 4.78 is 2.11. The van der Waals surface area contributed by atoms with Crippen molar-refractivity contribution in [2.45, 2.75) is 34.3 Å². The van der Waals surface area contributed by atoms with Gasteiger partial charge in [0.05, 0.1) is 12.1 Å². The van der Waals surface area contributed by atoms with Gasteiger partial charge in [0.25, 0.3) is 0 Å². The average Bonchev–Trinajstić information content (AvgIpc) is 2.60. The fourth-order valence-corrected chi connectivity index (χ4v) is 1.83. The first-order valence-electron chi connectivity index (χ1n) is 5.41. The lowest BCUT2D eigenvalue weighted by atomic mass is 10.2. The summed E-state index contributed by atoms with van der Waals surface area (Å²) in [6.45, 7) is 8.22. The topological polar surface area (TPSA) is 24.6 Å². The van der Waals surface area contributed by atoms with Crippen LogP contribution in [0.5, 0.6) is 0 Å². The Kier molecular flexibility index (Phi) is 3.92. The third-order valence-electron chi connectivity index (χ3n) is 2.43. The number of hydrogen-bond donors (Lipinski definition) is 1. The number of aryl methyl sites for hydroxylation is 2. The molecule has 15 heavy (non-hydrogen) atoms. The van der Waals surface area contributed by atoms with Crippen LogP contribution < -0.4 is 0 Å². The summed E-state index contributed by atoms with van der Waals surface area (Å²) in [5.74, 6) is 0. The Bertz CT molecular complexity index is 443. The molecule has 0 saturated carbocycles. The van der Waals surface area contributed by atoms with Crippen LogP contribution in [0.3, 0.4) is 0 Å². The van der Waals surface area contributed by atoms with Crippen molar-refractivity contribution in [2.24, 2.45) is 0 Å². The standard InChI is InChI=1S/C11H13NO.C2H6/c1-8-4-3-5-12-9(2)6-10(7-13)11(8)12;1-2/h3-6,13H,7H2,1-2H3;1-2H3. The maximum absolute atomic E-state index is 9.16. The molecule has 0 saturated heterocycles. The third-order valence-corrected chi connectivity index (χ3v) is 2.43. The molecule has 0 aromatic carbocycles. The SMILES string of the molecule is CC.Cc1cccn2c(C)cc(CO)c12. The Labute approximate surface area is 91.2 Å². The number of nitrogens with zero attached hydrogens (tertiary/aromatic N) is 1. The molecule has 0 fully saturated rings. The Hall–Kier alpha value is -1.28. The largest absolute Gasteiger partial charge is 0.392 e. The number of aliphatic hydroxyl groups is 1. The smallest absolute Gasteiger partial charge is 0.0703 e. The number of rotatable bonds is 1. The zero-order chi connectivity index (χ0) is 11.4. The summed E-state index contributed by atoms with van der Waals surface area (Å²) in [6, 6.07) is 6.12. The zero-order valence-corrected chi connectivity index (χ0v) is 9.91. The van der Waals surface area contributed by atoms with E-state index in [-0.39, 0.29) is 6.61 Å². The van der Waals surface area contributed by atoms with Crippen molar-refractivity contribution < 1.29 is 5.11 Å². The minimum absolute atomic E-state index is 0.113. The fraction of sp³-hybridized carbons (Fsp3) is 0.385. The van der Waals surface area contributed by atoms with Gasteiger partial charge in [-0.15, -0.1) is 0 Å². The molecule has 2 aromatic heterocycles. The summed E-state index contributed by atoms with van der Waals surface area (Å²) >= 11 is 0. The maximum atomic E-state index is 9.16. The van der Waals surface area contributed by atoms with Crippen molar-refractivity contribution in [3.63, 3.8) is 0 Å². The van der Waals surface area contributed by atoms with Crippen LogP contribution in [0.4, 0.5) is 0 Å². The number of aliphatic hydroxyl groups excluding tert-OH is 1. The molecule has 2 nitrogen and oxygen atoms in total. The minimum atomic E-state index is 0.113. The molecule has 0 amide bonds. The average molecular weight is 205 g/mol. The molecule has 2 heterocycles. The van der Waals surface area contributed by atoms with Crippen LogP contribution in [0.1, 0.15) is 30.7 Å². The van der Waals surface area contributed by atoms with Gasteiger partial charge in [-0.2, -0.15) is 0 Å². The predicted molar refractivity (Wildman–Crippen MR) is 64.1 cm³/mol. The van der Waals surface area contributed by atoms with Crippen molar-refractivity contribution in [3.05, 3.63) is 41.2 Å². The van der Waals surface area contributed by atoms with Crippen molar-refractivity contribution in [3.8, 4) is 0 Å². The third kappa shape index (κ3) is 2.05. The maximum Gasteiger partial charge on any atom is 0.0703 e. The Morgan fingerprint density at radius 3 is 2.53 bits per heavy atom. The molecule has 1 N–H and O–H groups in total. The highest BCUT2D eigenvalue weighted by molar-refractivity contribution is 5.62. The molecule has 2 rings (SSSR count). The van der Waals surface area contributed by atoms with Crippen LogP contribution in [0, 0.1) is 13.8 Å². The van der Waals surface area contributed by atoms with Crippen molar-refractivity contribution in [1.29, 1.82) is 0 Å². The molecule has 0 aliphatic rings. The molecule has 0 aliphatic heterocycles. The van der Waals surface area contributed by atoms with Crippen molar-refractivity contribution in [1.82, 2.24) is 4.40 Å². The van der Waals surface area contributed by atoms with E-state index in [2.05, 4.69) is 17.4 Å². The predicted octanol–water partition coefficient (Wildman–Crippen LogP) is 3.07. The summed E-state index contributed by atoms with van der Waals surface area (Å²) in [7, 11) is 0. The lowest BCUT2D eigenvalue weighted by Gasteiger charge is -2.01. The molecule has 0 unspecified atom stereocenters. The van der Waals surface area contributed by atoms with Crippen molar-refractivity contribution >= 4 is 5.52 Å². The van der Waals surface area contributed by atoms with Gasteiger partial charge in [-0.1, -0.05) is 19.9 Å². The van der Waals surface area contributed by atoms with Crippen LogP contribution in [0.15, 0.2) is 24.4 Å². The van der Waals surface area contributed by atoms with Gasteiger partial charge in [-0.3, -0.25) is 0 Å². The first-order chi connectivity index (χ1) is 7.24. The Balaban J connectivity index is 0.000000531. The van der Waals surface area contributed by atoms with Gasteiger partial charge in [-0.05, 0) is 31.5 Å². The van der Waals surface area contributed by atoms with Crippen LogP contribution in [0.25, 0.3) is 5.52 Å². The molecule has 82 valence electrons. The van der Waals surface area contributed by atoms with Gasteiger partial charge in [0.2, 0.25) is 0 Å². The molecule has 0 radical (unpaired) electrons. The first kappa shape index (κ1) is 11.8. The highest BCUT2D eigenvalue weighted by atomic mass is 16.3. The van der Waals surface area contributed by atoms with Gasteiger partial charge in [0, 0.05) is 17.5 Å². The Morgan fingerprint density at radius 1 is 1.27 bits per heavy atom. The Morgan fingerprint density at radius 2 is 1.93 bits per heavy atom. The van der Waals surface area contributed by atoms with E-state index in [0.717, 1.165) is 11.1 Å². The van der Waals surface area contributed by atoms with E-state index in [9.17, 15) is 0 Å². The van der Waals surface area contributed by atoms with Crippen molar-refractivity contribution in [2.75, 3.05) is 0 Å². The van der Waals surface area contributed by atoms with Gasteiger partial charge in [0.15, 0.2) is 0 Å². The van der Waals surface area contributed by atoms with Crippen LogP contribution in [0.2, 0.25) is 0 Å². The summed E-state index contributed by atoms with van der Waals surface area (Å²) in [6.07, 6.45) is 2.02. The summed E-state index contributed by atoms with van der Waals surface area (Å²) in [5, 5.41) is 9.16. The monoisotopic (exact) mass is 205 g/mol. The number of pyridine rings is 1. The van der Waals surface area contributed by atoms with E-state index in [1.807, 2.05) is 39.1 Å². The lowest BCUT2D eigenvalue weighted by molar-refractivity contribution is 0.283.